The second kappa shape index (κ2) is 9.70. The summed E-state index contributed by atoms with van der Waals surface area (Å²) in [4.78, 5) is 11.7. The first-order valence-electron chi connectivity index (χ1n) is 7.06. The molecule has 0 amide bonds. The average Bonchev–Trinajstić information content (AvgIpc) is 2.52. The first kappa shape index (κ1) is 18.8. The Bertz CT molecular complexity index is 647. The predicted octanol–water partition coefficient (Wildman–Crippen LogP) is 3.88. The van der Waals surface area contributed by atoms with Gasteiger partial charge in [-0.25, -0.2) is 4.79 Å². The third-order valence-corrected chi connectivity index (χ3v) is 3.19. The Morgan fingerprint density at radius 2 is 2.09 bits per heavy atom. The van der Waals surface area contributed by atoms with Gasteiger partial charge in [0.2, 0.25) is 0 Å². The standard InChI is InChI=1S/C17H18BrNO4/c1-4-7-23-16-14(18)9-12(10-15(16)21-5-2)8-13(11-19)17(20)22-6-3/h4,8-10H,1,5-7H2,2-3H3/b13-8-. The molecule has 0 bridgehead atoms. The molecule has 0 aromatic heterocycles. The van der Waals surface area contributed by atoms with Gasteiger partial charge in [-0.3, -0.25) is 0 Å². The SMILES string of the molecule is C=CCOc1c(Br)cc(/C=C(/C#N)C(=O)OCC)cc1OCC. The van der Waals surface area contributed by atoms with Crippen molar-refractivity contribution in [1.29, 1.82) is 5.26 Å². The maximum atomic E-state index is 11.7. The van der Waals surface area contributed by atoms with Gasteiger partial charge in [0.1, 0.15) is 18.2 Å². The maximum Gasteiger partial charge on any atom is 0.348 e. The van der Waals surface area contributed by atoms with Crippen LogP contribution in [-0.4, -0.2) is 25.8 Å². The molecule has 0 aliphatic heterocycles. The lowest BCUT2D eigenvalue weighted by Crippen LogP contribution is -2.06. The van der Waals surface area contributed by atoms with E-state index in [0.717, 1.165) is 0 Å². The third-order valence-electron chi connectivity index (χ3n) is 2.60. The van der Waals surface area contributed by atoms with Crippen molar-refractivity contribution >= 4 is 28.0 Å². The Morgan fingerprint density at radius 1 is 1.35 bits per heavy atom. The van der Waals surface area contributed by atoms with Crippen LogP contribution < -0.4 is 9.47 Å². The fraction of sp³-hybridized carbons (Fsp3) is 0.294. The van der Waals surface area contributed by atoms with Gasteiger partial charge in [0.25, 0.3) is 0 Å². The van der Waals surface area contributed by atoms with Crippen LogP contribution >= 0.6 is 15.9 Å². The molecule has 0 radical (unpaired) electrons. The van der Waals surface area contributed by atoms with Crippen LogP contribution in [0.5, 0.6) is 11.5 Å². The van der Waals surface area contributed by atoms with E-state index in [1.807, 2.05) is 13.0 Å². The molecule has 0 aliphatic carbocycles. The Kier molecular flexibility index (Phi) is 7.92. The van der Waals surface area contributed by atoms with Gasteiger partial charge in [-0.2, -0.15) is 5.26 Å². The molecule has 6 heteroatoms. The summed E-state index contributed by atoms with van der Waals surface area (Å²) in [5, 5.41) is 9.10. The number of carbonyl (C=O) groups is 1. The largest absolute Gasteiger partial charge is 0.490 e. The van der Waals surface area contributed by atoms with E-state index < -0.39 is 5.97 Å². The van der Waals surface area contributed by atoms with Gasteiger partial charge in [-0.1, -0.05) is 12.7 Å². The zero-order valence-corrected chi connectivity index (χ0v) is 14.7. The normalized spacial score (nSPS) is 10.6. The van der Waals surface area contributed by atoms with Crippen LogP contribution in [0.4, 0.5) is 0 Å². The molecule has 122 valence electrons. The number of nitriles is 1. The Hall–Kier alpha value is -2.26. The van der Waals surface area contributed by atoms with E-state index in [4.69, 9.17) is 19.5 Å². The number of carbonyl (C=O) groups excluding carboxylic acids is 1. The van der Waals surface area contributed by atoms with Crippen molar-refractivity contribution in [2.45, 2.75) is 13.8 Å². The van der Waals surface area contributed by atoms with Crippen LogP contribution in [0.15, 0.2) is 34.8 Å². The first-order chi connectivity index (χ1) is 11.1. The molecule has 0 aliphatic rings. The molecule has 0 heterocycles. The monoisotopic (exact) mass is 379 g/mol. The van der Waals surface area contributed by atoms with Crippen molar-refractivity contribution in [3.05, 3.63) is 40.4 Å². The second-order valence-electron chi connectivity index (χ2n) is 4.25. The van der Waals surface area contributed by atoms with Crippen LogP contribution in [0.1, 0.15) is 19.4 Å². The Labute approximate surface area is 144 Å². The van der Waals surface area contributed by atoms with E-state index in [-0.39, 0.29) is 12.2 Å². The van der Waals surface area contributed by atoms with Gasteiger partial charge in [-0.05, 0) is 53.5 Å². The molecule has 0 N–H and O–H groups in total. The zero-order valence-electron chi connectivity index (χ0n) is 13.1. The van der Waals surface area contributed by atoms with Crippen LogP contribution in [0.3, 0.4) is 0 Å². The molecule has 1 aromatic rings. The highest BCUT2D eigenvalue weighted by molar-refractivity contribution is 9.10. The first-order valence-corrected chi connectivity index (χ1v) is 7.85. The van der Waals surface area contributed by atoms with Gasteiger partial charge in [0.15, 0.2) is 11.5 Å². The van der Waals surface area contributed by atoms with Crippen molar-refractivity contribution in [2.24, 2.45) is 0 Å². The molecule has 1 aromatic carbocycles. The Balaban J connectivity index is 3.25. The third kappa shape index (κ3) is 5.46. The number of rotatable bonds is 8. The average molecular weight is 380 g/mol. The minimum atomic E-state index is -0.656. The van der Waals surface area contributed by atoms with Crippen LogP contribution in [0.25, 0.3) is 6.08 Å². The van der Waals surface area contributed by atoms with Crippen molar-refractivity contribution in [1.82, 2.24) is 0 Å². The second-order valence-corrected chi connectivity index (χ2v) is 5.11. The fourth-order valence-corrected chi connectivity index (χ4v) is 2.30. The van der Waals surface area contributed by atoms with Gasteiger partial charge >= 0.3 is 5.97 Å². The van der Waals surface area contributed by atoms with E-state index in [0.29, 0.717) is 34.7 Å². The highest BCUT2D eigenvalue weighted by Crippen LogP contribution is 2.37. The molecular weight excluding hydrogens is 362 g/mol. The summed E-state index contributed by atoms with van der Waals surface area (Å²) in [6, 6.07) is 5.27. The summed E-state index contributed by atoms with van der Waals surface area (Å²) < 4.78 is 16.6. The molecule has 23 heavy (non-hydrogen) atoms. The summed E-state index contributed by atoms with van der Waals surface area (Å²) in [5.74, 6) is 0.394. The highest BCUT2D eigenvalue weighted by atomic mass is 79.9. The molecule has 0 saturated heterocycles. The van der Waals surface area contributed by atoms with Gasteiger partial charge in [0.05, 0.1) is 17.7 Å². The number of hydrogen-bond donors (Lipinski definition) is 0. The number of halogens is 1. The summed E-state index contributed by atoms with van der Waals surface area (Å²) in [6.07, 6.45) is 3.08. The molecule has 0 spiro atoms. The lowest BCUT2D eigenvalue weighted by Gasteiger charge is -2.13. The number of hydrogen-bond acceptors (Lipinski definition) is 5. The summed E-state index contributed by atoms with van der Waals surface area (Å²) in [6.45, 7) is 8.14. The topological polar surface area (TPSA) is 68.5 Å². The minimum Gasteiger partial charge on any atom is -0.490 e. The molecular formula is C17H18BrNO4. The van der Waals surface area contributed by atoms with Crippen molar-refractivity contribution < 1.29 is 19.0 Å². The summed E-state index contributed by atoms with van der Waals surface area (Å²) >= 11 is 3.41. The predicted molar refractivity (Wildman–Crippen MR) is 91.2 cm³/mol. The van der Waals surface area contributed by atoms with E-state index in [9.17, 15) is 4.79 Å². The van der Waals surface area contributed by atoms with Gasteiger partial charge in [0, 0.05) is 0 Å². The number of nitrogens with zero attached hydrogens (tertiary/aromatic N) is 1. The van der Waals surface area contributed by atoms with Crippen LogP contribution in [-0.2, 0) is 9.53 Å². The fourth-order valence-electron chi connectivity index (χ4n) is 1.73. The number of esters is 1. The van der Waals surface area contributed by atoms with Gasteiger partial charge < -0.3 is 14.2 Å². The van der Waals surface area contributed by atoms with E-state index in [1.165, 1.54) is 6.08 Å². The maximum absolute atomic E-state index is 11.7. The lowest BCUT2D eigenvalue weighted by atomic mass is 10.1. The number of benzene rings is 1. The van der Waals surface area contributed by atoms with Crippen LogP contribution in [0.2, 0.25) is 0 Å². The summed E-state index contributed by atoms with van der Waals surface area (Å²) in [5.41, 5.74) is 0.539. The molecule has 1 rings (SSSR count). The summed E-state index contributed by atoms with van der Waals surface area (Å²) in [7, 11) is 0. The molecule has 0 fully saturated rings. The van der Waals surface area contributed by atoms with Crippen molar-refractivity contribution in [2.75, 3.05) is 19.8 Å². The van der Waals surface area contributed by atoms with E-state index >= 15 is 0 Å². The van der Waals surface area contributed by atoms with E-state index in [1.54, 1.807) is 25.1 Å². The van der Waals surface area contributed by atoms with Crippen LogP contribution in [0, 0.1) is 11.3 Å². The lowest BCUT2D eigenvalue weighted by molar-refractivity contribution is -0.137. The molecule has 0 atom stereocenters. The smallest absolute Gasteiger partial charge is 0.348 e. The molecule has 0 saturated carbocycles. The zero-order chi connectivity index (χ0) is 17.2. The van der Waals surface area contributed by atoms with Crippen molar-refractivity contribution in [3.63, 3.8) is 0 Å². The molecule has 5 nitrogen and oxygen atoms in total. The Morgan fingerprint density at radius 3 is 2.65 bits per heavy atom. The minimum absolute atomic E-state index is 0.0824. The van der Waals surface area contributed by atoms with Gasteiger partial charge in [-0.15, -0.1) is 0 Å². The quantitative estimate of drug-likeness (QED) is 0.296. The highest BCUT2D eigenvalue weighted by Gasteiger charge is 2.14. The molecule has 0 unspecified atom stereocenters. The number of ether oxygens (including phenoxy) is 3. The van der Waals surface area contributed by atoms with E-state index in [2.05, 4.69) is 22.5 Å². The van der Waals surface area contributed by atoms with Crippen molar-refractivity contribution in [3.8, 4) is 17.6 Å².